The molecule has 1 rings (SSSR count). The van der Waals surface area contributed by atoms with Crippen molar-refractivity contribution in [1.29, 1.82) is 0 Å². The van der Waals surface area contributed by atoms with Crippen LogP contribution >= 0.6 is 24.0 Å². The Balaban J connectivity index is 0.00000400. The van der Waals surface area contributed by atoms with E-state index in [1.807, 2.05) is 6.92 Å². The Labute approximate surface area is 144 Å². The third-order valence-corrected chi connectivity index (χ3v) is 5.53. The number of terminal acetylenes is 1. The fourth-order valence-electron chi connectivity index (χ4n) is 2.09. The van der Waals surface area contributed by atoms with Crippen molar-refractivity contribution in [3.63, 3.8) is 0 Å². The van der Waals surface area contributed by atoms with Crippen molar-refractivity contribution in [3.05, 3.63) is 0 Å². The maximum Gasteiger partial charge on any atom is 0.192 e. The van der Waals surface area contributed by atoms with Crippen molar-refractivity contribution in [2.24, 2.45) is 4.99 Å². The summed E-state index contributed by atoms with van der Waals surface area (Å²) < 4.78 is 28.6. The number of nitrogens with zero attached hydrogens (tertiary/aromatic N) is 1. The molecule has 8 heteroatoms. The fraction of sp³-hybridized carbons (Fsp3) is 0.769. The van der Waals surface area contributed by atoms with E-state index in [4.69, 9.17) is 11.2 Å². The first-order valence-electron chi connectivity index (χ1n) is 6.68. The number of hydrogen-bond acceptors (Lipinski definition) is 4. The van der Waals surface area contributed by atoms with Gasteiger partial charge in [0.1, 0.15) is 0 Å². The van der Waals surface area contributed by atoms with E-state index in [-0.39, 0.29) is 30.5 Å². The molecule has 0 spiro atoms. The zero-order chi connectivity index (χ0) is 15.1. The Hall–Kier alpha value is -0.530. The lowest BCUT2D eigenvalue weighted by atomic mass is 9.99. The monoisotopic (exact) mass is 429 g/mol. The second-order valence-electron chi connectivity index (χ2n) is 4.82. The highest BCUT2D eigenvalue weighted by molar-refractivity contribution is 14.0. The summed E-state index contributed by atoms with van der Waals surface area (Å²) in [4.78, 5) is 4.38. The SMILES string of the molecule is C#CCNC(=NCC1(S(C)(=O)=O)CCOCC1)NCC.I. The van der Waals surface area contributed by atoms with Gasteiger partial charge < -0.3 is 15.4 Å². The van der Waals surface area contributed by atoms with Crippen LogP contribution in [0, 0.1) is 12.3 Å². The molecular formula is C13H24IN3O3S. The van der Waals surface area contributed by atoms with E-state index in [9.17, 15) is 8.42 Å². The van der Waals surface area contributed by atoms with Crippen molar-refractivity contribution in [2.75, 3.05) is 39.1 Å². The molecule has 1 aliphatic heterocycles. The fourth-order valence-corrected chi connectivity index (χ4v) is 3.30. The zero-order valence-corrected chi connectivity index (χ0v) is 15.7. The second kappa shape index (κ2) is 9.48. The molecule has 0 bridgehead atoms. The Kier molecular flexibility index (Phi) is 9.24. The van der Waals surface area contributed by atoms with Crippen LogP contribution < -0.4 is 10.6 Å². The van der Waals surface area contributed by atoms with Gasteiger partial charge in [-0.2, -0.15) is 0 Å². The Morgan fingerprint density at radius 3 is 2.48 bits per heavy atom. The molecule has 0 saturated carbocycles. The van der Waals surface area contributed by atoms with Crippen LogP contribution in [-0.2, 0) is 14.6 Å². The van der Waals surface area contributed by atoms with E-state index >= 15 is 0 Å². The van der Waals surface area contributed by atoms with Gasteiger partial charge in [-0.25, -0.2) is 8.42 Å². The molecule has 0 amide bonds. The van der Waals surface area contributed by atoms with Crippen molar-refractivity contribution in [1.82, 2.24) is 10.6 Å². The quantitative estimate of drug-likeness (QED) is 0.286. The van der Waals surface area contributed by atoms with Crippen LogP contribution in [0.3, 0.4) is 0 Å². The summed E-state index contributed by atoms with van der Waals surface area (Å²) in [6, 6.07) is 0. The summed E-state index contributed by atoms with van der Waals surface area (Å²) >= 11 is 0. The molecule has 0 aliphatic carbocycles. The van der Waals surface area contributed by atoms with Crippen molar-refractivity contribution in [2.45, 2.75) is 24.5 Å². The third kappa shape index (κ3) is 6.00. The maximum atomic E-state index is 12.1. The molecule has 1 heterocycles. The molecule has 1 saturated heterocycles. The molecule has 1 fully saturated rings. The molecule has 0 unspecified atom stereocenters. The lowest BCUT2D eigenvalue weighted by molar-refractivity contribution is 0.0768. The van der Waals surface area contributed by atoms with Gasteiger partial charge in [0.15, 0.2) is 15.8 Å². The average molecular weight is 429 g/mol. The number of sulfone groups is 1. The maximum absolute atomic E-state index is 12.1. The standard InChI is InChI=1S/C13H23N3O3S.HI/c1-4-8-15-12(14-5-2)16-11-13(20(3,17)18)6-9-19-10-7-13;/h1H,5-11H2,2-3H3,(H2,14,15,16);1H. The van der Waals surface area contributed by atoms with Gasteiger partial charge in [0.2, 0.25) is 0 Å². The largest absolute Gasteiger partial charge is 0.381 e. The van der Waals surface area contributed by atoms with Crippen LogP contribution in [0.15, 0.2) is 4.99 Å². The van der Waals surface area contributed by atoms with Crippen molar-refractivity contribution < 1.29 is 13.2 Å². The molecule has 1 aliphatic rings. The summed E-state index contributed by atoms with van der Waals surface area (Å²) in [7, 11) is -3.20. The predicted octanol–water partition coefficient (Wildman–Crippen LogP) is 0.386. The topological polar surface area (TPSA) is 79.8 Å². The number of guanidine groups is 1. The van der Waals surface area contributed by atoms with E-state index in [0.29, 0.717) is 45.1 Å². The van der Waals surface area contributed by atoms with E-state index in [0.717, 1.165) is 0 Å². The summed E-state index contributed by atoms with van der Waals surface area (Å²) in [5.74, 6) is 3.01. The molecule has 2 N–H and O–H groups in total. The van der Waals surface area contributed by atoms with Crippen molar-refractivity contribution in [3.8, 4) is 12.3 Å². The lowest BCUT2D eigenvalue weighted by Gasteiger charge is -2.34. The first-order chi connectivity index (χ1) is 9.45. The van der Waals surface area contributed by atoms with Crippen LogP contribution in [0.2, 0.25) is 0 Å². The van der Waals surface area contributed by atoms with E-state index in [2.05, 4.69) is 21.5 Å². The summed E-state index contributed by atoms with van der Waals surface area (Å²) in [6.07, 6.45) is 7.43. The van der Waals surface area contributed by atoms with E-state index in [1.54, 1.807) is 0 Å². The van der Waals surface area contributed by atoms with Crippen molar-refractivity contribution >= 4 is 39.8 Å². The van der Waals surface area contributed by atoms with Gasteiger partial charge in [0, 0.05) is 26.0 Å². The Morgan fingerprint density at radius 2 is 2.00 bits per heavy atom. The first-order valence-corrected chi connectivity index (χ1v) is 8.57. The number of halogens is 1. The summed E-state index contributed by atoms with van der Waals surface area (Å²) in [5, 5.41) is 6.00. The molecule has 122 valence electrons. The van der Waals surface area contributed by atoms with Gasteiger partial charge in [-0.3, -0.25) is 4.99 Å². The van der Waals surface area contributed by atoms with Gasteiger partial charge in [0.05, 0.1) is 17.8 Å². The molecular weight excluding hydrogens is 405 g/mol. The van der Waals surface area contributed by atoms with E-state index < -0.39 is 14.6 Å². The smallest absolute Gasteiger partial charge is 0.192 e. The van der Waals surface area contributed by atoms with Crippen LogP contribution in [0.4, 0.5) is 0 Å². The minimum Gasteiger partial charge on any atom is -0.381 e. The number of aliphatic imine (C=N–C) groups is 1. The first kappa shape index (κ1) is 20.5. The molecule has 0 aromatic carbocycles. The molecule has 0 radical (unpaired) electrons. The van der Waals surface area contributed by atoms with Crippen LogP contribution in [0.5, 0.6) is 0 Å². The van der Waals surface area contributed by atoms with Crippen LogP contribution in [-0.4, -0.2) is 58.2 Å². The number of ether oxygens (including phenoxy) is 1. The Bertz CT molecular complexity index is 479. The van der Waals surface area contributed by atoms with Gasteiger partial charge in [-0.1, -0.05) is 5.92 Å². The van der Waals surface area contributed by atoms with Gasteiger partial charge >= 0.3 is 0 Å². The summed E-state index contributed by atoms with van der Waals surface area (Å²) in [5.41, 5.74) is 0. The number of nitrogens with one attached hydrogen (secondary N) is 2. The van der Waals surface area contributed by atoms with Gasteiger partial charge in [-0.15, -0.1) is 30.4 Å². The molecule has 0 aromatic heterocycles. The molecule has 6 nitrogen and oxygen atoms in total. The predicted molar refractivity (Wildman–Crippen MR) is 95.9 cm³/mol. The molecule has 0 aromatic rings. The Morgan fingerprint density at radius 1 is 1.38 bits per heavy atom. The second-order valence-corrected chi connectivity index (χ2v) is 7.23. The molecule has 21 heavy (non-hydrogen) atoms. The minimum atomic E-state index is -3.20. The average Bonchev–Trinajstić information content (AvgIpc) is 2.42. The van der Waals surface area contributed by atoms with E-state index in [1.165, 1.54) is 6.26 Å². The highest BCUT2D eigenvalue weighted by Crippen LogP contribution is 2.29. The normalized spacial score (nSPS) is 18.2. The van der Waals surface area contributed by atoms with Gasteiger partial charge in [0.25, 0.3) is 0 Å². The summed E-state index contributed by atoms with van der Waals surface area (Å²) in [6.45, 7) is 4.10. The zero-order valence-electron chi connectivity index (χ0n) is 12.5. The lowest BCUT2D eigenvalue weighted by Crippen LogP contribution is -2.47. The van der Waals surface area contributed by atoms with Gasteiger partial charge in [-0.05, 0) is 19.8 Å². The van der Waals surface area contributed by atoms with Crippen LogP contribution in [0.25, 0.3) is 0 Å². The minimum absolute atomic E-state index is 0. The van der Waals surface area contributed by atoms with Crippen LogP contribution in [0.1, 0.15) is 19.8 Å². The highest BCUT2D eigenvalue weighted by Gasteiger charge is 2.42. The number of rotatable bonds is 5. The number of hydrogen-bond donors (Lipinski definition) is 2. The highest BCUT2D eigenvalue weighted by atomic mass is 127. The molecule has 0 atom stereocenters. The third-order valence-electron chi connectivity index (χ3n) is 3.42.